The highest BCUT2D eigenvalue weighted by atomic mass is 16.5. The van der Waals surface area contributed by atoms with E-state index in [1.807, 2.05) is 6.07 Å². The van der Waals surface area contributed by atoms with Crippen molar-refractivity contribution >= 4 is 5.97 Å². The van der Waals surface area contributed by atoms with E-state index in [1.165, 1.54) is 0 Å². The molecule has 1 fully saturated rings. The monoisotopic (exact) mass is 153 g/mol. The average molecular weight is 153 g/mol. The number of esters is 1. The number of rotatable bonds is 2. The molecule has 0 heterocycles. The van der Waals surface area contributed by atoms with Crippen LogP contribution in [0, 0.1) is 16.7 Å². The van der Waals surface area contributed by atoms with Gasteiger partial charge in [0.1, 0.15) is 0 Å². The van der Waals surface area contributed by atoms with Crippen LogP contribution in [-0.4, -0.2) is 12.1 Å². The fourth-order valence-corrected chi connectivity index (χ4v) is 0.813. The van der Waals surface area contributed by atoms with E-state index in [0.29, 0.717) is 12.8 Å². The summed E-state index contributed by atoms with van der Waals surface area (Å²) in [6.45, 7) is 3.57. The van der Waals surface area contributed by atoms with Crippen LogP contribution < -0.4 is 0 Å². The Hall–Kier alpha value is -1.04. The number of nitriles is 1. The van der Waals surface area contributed by atoms with Crippen molar-refractivity contribution in [2.24, 2.45) is 5.41 Å². The first-order valence-corrected chi connectivity index (χ1v) is 3.73. The summed E-state index contributed by atoms with van der Waals surface area (Å²) in [6, 6.07) is 1.98. The molecule has 60 valence electrons. The predicted molar refractivity (Wildman–Crippen MR) is 38.5 cm³/mol. The molecule has 1 saturated carbocycles. The molecule has 1 rings (SSSR count). The molecule has 0 unspecified atom stereocenters. The van der Waals surface area contributed by atoms with Crippen molar-refractivity contribution < 1.29 is 9.53 Å². The van der Waals surface area contributed by atoms with Crippen LogP contribution in [0.2, 0.25) is 0 Å². The first kappa shape index (κ1) is 8.06. The van der Waals surface area contributed by atoms with Gasteiger partial charge in [-0.15, -0.1) is 0 Å². The standard InChI is InChI=1S/C8H11NO2/c1-6(2)11-7(10)8(5-9)3-4-8/h6H,3-4H2,1-2H3. The zero-order chi connectivity index (χ0) is 8.48. The van der Waals surface area contributed by atoms with Crippen molar-refractivity contribution in [3.63, 3.8) is 0 Å². The summed E-state index contributed by atoms with van der Waals surface area (Å²) in [7, 11) is 0. The van der Waals surface area contributed by atoms with E-state index in [2.05, 4.69) is 0 Å². The number of hydrogen-bond acceptors (Lipinski definition) is 3. The fraction of sp³-hybridized carbons (Fsp3) is 0.750. The summed E-state index contributed by atoms with van der Waals surface area (Å²) < 4.78 is 4.91. The zero-order valence-electron chi connectivity index (χ0n) is 6.76. The molecule has 0 atom stereocenters. The van der Waals surface area contributed by atoms with E-state index in [1.54, 1.807) is 13.8 Å². The third-order valence-corrected chi connectivity index (χ3v) is 1.70. The van der Waals surface area contributed by atoms with Crippen LogP contribution in [-0.2, 0) is 9.53 Å². The van der Waals surface area contributed by atoms with Crippen LogP contribution in [0.4, 0.5) is 0 Å². The number of carbonyl (C=O) groups excluding carboxylic acids is 1. The van der Waals surface area contributed by atoms with Gasteiger partial charge in [-0.1, -0.05) is 0 Å². The lowest BCUT2D eigenvalue weighted by molar-refractivity contribution is -0.151. The third kappa shape index (κ3) is 1.51. The summed E-state index contributed by atoms with van der Waals surface area (Å²) in [5.41, 5.74) is -0.774. The Morgan fingerprint density at radius 1 is 1.64 bits per heavy atom. The molecule has 0 amide bonds. The average Bonchev–Trinajstić information content (AvgIpc) is 2.65. The number of ether oxygens (including phenoxy) is 1. The Kier molecular flexibility index (Phi) is 1.86. The molecule has 3 nitrogen and oxygen atoms in total. The number of carbonyl (C=O) groups is 1. The maximum atomic E-state index is 11.1. The van der Waals surface area contributed by atoms with Gasteiger partial charge in [0, 0.05) is 0 Å². The quantitative estimate of drug-likeness (QED) is 0.561. The van der Waals surface area contributed by atoms with E-state index in [9.17, 15) is 4.79 Å². The van der Waals surface area contributed by atoms with E-state index in [-0.39, 0.29) is 12.1 Å². The van der Waals surface area contributed by atoms with Gasteiger partial charge in [-0.25, -0.2) is 0 Å². The Morgan fingerprint density at radius 2 is 2.18 bits per heavy atom. The molecule has 11 heavy (non-hydrogen) atoms. The van der Waals surface area contributed by atoms with Gasteiger partial charge in [0.15, 0.2) is 5.41 Å². The molecule has 0 bridgehead atoms. The Labute approximate surface area is 66.0 Å². The maximum Gasteiger partial charge on any atom is 0.326 e. The van der Waals surface area contributed by atoms with E-state index in [4.69, 9.17) is 10.00 Å². The fourth-order valence-electron chi connectivity index (χ4n) is 0.813. The largest absolute Gasteiger partial charge is 0.462 e. The third-order valence-electron chi connectivity index (χ3n) is 1.70. The van der Waals surface area contributed by atoms with Gasteiger partial charge in [0.05, 0.1) is 12.2 Å². The minimum atomic E-state index is -0.774. The Morgan fingerprint density at radius 3 is 2.45 bits per heavy atom. The second-order valence-electron chi connectivity index (χ2n) is 3.15. The lowest BCUT2D eigenvalue weighted by atomic mass is 10.1. The smallest absolute Gasteiger partial charge is 0.326 e. The molecule has 0 radical (unpaired) electrons. The van der Waals surface area contributed by atoms with Gasteiger partial charge in [-0.05, 0) is 26.7 Å². The van der Waals surface area contributed by atoms with Crippen molar-refractivity contribution in [3.05, 3.63) is 0 Å². The van der Waals surface area contributed by atoms with Crippen LogP contribution in [0.5, 0.6) is 0 Å². The molecule has 0 saturated heterocycles. The molecule has 0 spiro atoms. The van der Waals surface area contributed by atoms with Crippen LogP contribution in [0.15, 0.2) is 0 Å². The van der Waals surface area contributed by atoms with Gasteiger partial charge in [0.25, 0.3) is 0 Å². The second-order valence-corrected chi connectivity index (χ2v) is 3.15. The van der Waals surface area contributed by atoms with Gasteiger partial charge < -0.3 is 4.74 Å². The first-order valence-electron chi connectivity index (χ1n) is 3.73. The van der Waals surface area contributed by atoms with Crippen LogP contribution in [0.25, 0.3) is 0 Å². The van der Waals surface area contributed by atoms with Gasteiger partial charge in [0.2, 0.25) is 0 Å². The minimum absolute atomic E-state index is 0.117. The zero-order valence-corrected chi connectivity index (χ0v) is 6.76. The molecule has 3 heteroatoms. The highest BCUT2D eigenvalue weighted by Gasteiger charge is 2.52. The molecule has 0 aromatic carbocycles. The minimum Gasteiger partial charge on any atom is -0.462 e. The molecular formula is C8H11NO2. The normalized spacial score (nSPS) is 19.1. The summed E-state index contributed by atoms with van der Waals surface area (Å²) >= 11 is 0. The molecular weight excluding hydrogens is 142 g/mol. The van der Waals surface area contributed by atoms with Crippen LogP contribution in [0.3, 0.4) is 0 Å². The molecule has 1 aliphatic carbocycles. The lowest BCUT2D eigenvalue weighted by Crippen LogP contribution is -2.20. The predicted octanol–water partition coefficient (Wildman–Crippen LogP) is 1.24. The van der Waals surface area contributed by atoms with E-state index >= 15 is 0 Å². The second kappa shape index (κ2) is 2.54. The number of nitrogens with zero attached hydrogens (tertiary/aromatic N) is 1. The highest BCUT2D eigenvalue weighted by molar-refractivity contribution is 5.83. The van der Waals surface area contributed by atoms with Gasteiger partial charge in [-0.2, -0.15) is 5.26 Å². The summed E-state index contributed by atoms with van der Waals surface area (Å²) in [5, 5.41) is 8.59. The molecule has 0 aromatic rings. The highest BCUT2D eigenvalue weighted by Crippen LogP contribution is 2.46. The summed E-state index contributed by atoms with van der Waals surface area (Å²) in [4.78, 5) is 11.1. The number of hydrogen-bond donors (Lipinski definition) is 0. The molecule has 0 aliphatic heterocycles. The maximum absolute atomic E-state index is 11.1. The van der Waals surface area contributed by atoms with Crippen molar-refractivity contribution in [1.82, 2.24) is 0 Å². The topological polar surface area (TPSA) is 50.1 Å². The van der Waals surface area contributed by atoms with Crippen molar-refractivity contribution in [3.8, 4) is 6.07 Å². The van der Waals surface area contributed by atoms with E-state index < -0.39 is 5.41 Å². The molecule has 0 N–H and O–H groups in total. The summed E-state index contributed by atoms with van der Waals surface area (Å²) in [5.74, 6) is -0.352. The van der Waals surface area contributed by atoms with Crippen molar-refractivity contribution in [2.45, 2.75) is 32.8 Å². The molecule has 0 aromatic heterocycles. The Bertz CT molecular complexity index is 211. The molecule has 1 aliphatic rings. The van der Waals surface area contributed by atoms with Crippen molar-refractivity contribution in [2.75, 3.05) is 0 Å². The SMILES string of the molecule is CC(C)OC(=O)C1(C#N)CC1. The van der Waals surface area contributed by atoms with Crippen molar-refractivity contribution in [1.29, 1.82) is 5.26 Å². The summed E-state index contributed by atoms with van der Waals surface area (Å²) in [6.07, 6.45) is 1.21. The Balaban J connectivity index is 2.50. The van der Waals surface area contributed by atoms with Gasteiger partial charge >= 0.3 is 5.97 Å². The van der Waals surface area contributed by atoms with Crippen LogP contribution in [0.1, 0.15) is 26.7 Å². The lowest BCUT2D eigenvalue weighted by Gasteiger charge is -2.09. The first-order chi connectivity index (χ1) is 5.10. The van der Waals surface area contributed by atoms with E-state index in [0.717, 1.165) is 0 Å². The van der Waals surface area contributed by atoms with Crippen LogP contribution >= 0.6 is 0 Å². The van der Waals surface area contributed by atoms with Gasteiger partial charge in [-0.3, -0.25) is 4.79 Å².